The average Bonchev–Trinajstić information content (AvgIpc) is 2.82. The van der Waals surface area contributed by atoms with Gasteiger partial charge >= 0.3 is 0 Å². The Labute approximate surface area is 149 Å². The van der Waals surface area contributed by atoms with Crippen LogP contribution in [0.1, 0.15) is 45.6 Å². The number of amides is 3. The predicted molar refractivity (Wildman–Crippen MR) is 97.2 cm³/mol. The Balaban J connectivity index is 1.83. The Hall–Kier alpha value is -2.37. The Bertz CT molecular complexity index is 664. The van der Waals surface area contributed by atoms with E-state index in [1.165, 1.54) is 0 Å². The number of hydrogen-bond donors (Lipinski definition) is 2. The highest BCUT2D eigenvalue weighted by atomic mass is 16.2. The standard InChI is InChI=1S/C19H27N3O3/c1-19(2,3)14-7-5-6-8-15(14)21-17(24)10-9-16(23)20-13-11-18(25)22(4)12-13/h5-8,13H,9-12H2,1-4H3,(H,20,23)(H,21,24)/t13-/m0/s1. The van der Waals surface area contributed by atoms with Crippen LogP contribution in [0.5, 0.6) is 0 Å². The molecule has 1 aliphatic heterocycles. The van der Waals surface area contributed by atoms with Crippen molar-refractivity contribution in [2.75, 3.05) is 18.9 Å². The third kappa shape index (κ3) is 5.31. The lowest BCUT2D eigenvalue weighted by Crippen LogP contribution is -2.36. The third-order valence-corrected chi connectivity index (χ3v) is 4.29. The van der Waals surface area contributed by atoms with Gasteiger partial charge in [0.15, 0.2) is 0 Å². The van der Waals surface area contributed by atoms with E-state index in [4.69, 9.17) is 0 Å². The van der Waals surface area contributed by atoms with Crippen molar-refractivity contribution < 1.29 is 14.4 Å². The highest BCUT2D eigenvalue weighted by Crippen LogP contribution is 2.29. The van der Waals surface area contributed by atoms with E-state index in [1.807, 2.05) is 24.3 Å². The molecule has 3 amide bonds. The van der Waals surface area contributed by atoms with Crippen LogP contribution in [0, 0.1) is 0 Å². The summed E-state index contributed by atoms with van der Waals surface area (Å²) in [6, 6.07) is 7.54. The normalized spacial score (nSPS) is 17.5. The molecule has 0 aliphatic carbocycles. The van der Waals surface area contributed by atoms with E-state index < -0.39 is 0 Å². The van der Waals surface area contributed by atoms with Crippen molar-refractivity contribution in [2.45, 2.75) is 51.5 Å². The SMILES string of the molecule is CN1C[C@@H](NC(=O)CCC(=O)Nc2ccccc2C(C)(C)C)CC1=O. The molecule has 2 N–H and O–H groups in total. The summed E-state index contributed by atoms with van der Waals surface area (Å²) in [5.41, 5.74) is 1.76. The molecule has 6 heteroatoms. The van der Waals surface area contributed by atoms with Gasteiger partial charge in [-0.05, 0) is 17.0 Å². The summed E-state index contributed by atoms with van der Waals surface area (Å²) in [7, 11) is 1.72. The number of likely N-dealkylation sites (N-methyl/N-ethyl adjacent to an activating group) is 1. The van der Waals surface area contributed by atoms with Gasteiger partial charge in [-0.15, -0.1) is 0 Å². The number of carbonyl (C=O) groups excluding carboxylic acids is 3. The quantitative estimate of drug-likeness (QED) is 0.857. The molecule has 0 radical (unpaired) electrons. The van der Waals surface area contributed by atoms with Crippen molar-refractivity contribution in [3.63, 3.8) is 0 Å². The first-order valence-corrected chi connectivity index (χ1v) is 8.59. The molecule has 0 bridgehead atoms. The molecule has 1 saturated heterocycles. The topological polar surface area (TPSA) is 78.5 Å². The van der Waals surface area contributed by atoms with Crippen molar-refractivity contribution in [3.8, 4) is 0 Å². The second-order valence-electron chi connectivity index (χ2n) is 7.59. The fourth-order valence-corrected chi connectivity index (χ4v) is 2.95. The second-order valence-corrected chi connectivity index (χ2v) is 7.59. The minimum atomic E-state index is -0.202. The third-order valence-electron chi connectivity index (χ3n) is 4.29. The number of likely N-dealkylation sites (tertiary alicyclic amines) is 1. The van der Waals surface area contributed by atoms with Crippen molar-refractivity contribution in [1.29, 1.82) is 0 Å². The summed E-state index contributed by atoms with van der Waals surface area (Å²) >= 11 is 0. The van der Waals surface area contributed by atoms with Gasteiger partial charge in [0.05, 0.1) is 6.04 Å². The Morgan fingerprint density at radius 1 is 1.16 bits per heavy atom. The van der Waals surface area contributed by atoms with Crippen molar-refractivity contribution in [1.82, 2.24) is 10.2 Å². The molecule has 1 heterocycles. The van der Waals surface area contributed by atoms with E-state index in [9.17, 15) is 14.4 Å². The zero-order valence-corrected chi connectivity index (χ0v) is 15.4. The van der Waals surface area contributed by atoms with E-state index in [2.05, 4.69) is 31.4 Å². The Morgan fingerprint density at radius 2 is 1.80 bits per heavy atom. The van der Waals surface area contributed by atoms with E-state index in [1.54, 1.807) is 11.9 Å². The maximum Gasteiger partial charge on any atom is 0.224 e. The molecule has 1 atom stereocenters. The number of carbonyl (C=O) groups is 3. The van der Waals surface area contributed by atoms with Gasteiger partial charge in [-0.2, -0.15) is 0 Å². The minimum absolute atomic E-state index is 0.0295. The van der Waals surface area contributed by atoms with E-state index in [-0.39, 0.29) is 42.0 Å². The molecule has 0 aromatic heterocycles. The maximum atomic E-state index is 12.2. The molecular formula is C19H27N3O3. The molecule has 0 unspecified atom stereocenters. The van der Waals surface area contributed by atoms with Crippen LogP contribution in [0.2, 0.25) is 0 Å². The van der Waals surface area contributed by atoms with Crippen molar-refractivity contribution in [2.24, 2.45) is 0 Å². The molecule has 0 spiro atoms. The number of nitrogens with one attached hydrogen (secondary N) is 2. The molecule has 1 aromatic carbocycles. The van der Waals surface area contributed by atoms with Gasteiger partial charge in [-0.25, -0.2) is 0 Å². The van der Waals surface area contributed by atoms with Gasteiger partial charge < -0.3 is 15.5 Å². The number of rotatable bonds is 5. The smallest absolute Gasteiger partial charge is 0.224 e. The molecule has 6 nitrogen and oxygen atoms in total. The lowest BCUT2D eigenvalue weighted by Gasteiger charge is -2.23. The highest BCUT2D eigenvalue weighted by molar-refractivity contribution is 5.94. The average molecular weight is 345 g/mol. The molecule has 1 aromatic rings. The molecule has 1 aliphatic rings. The number of benzene rings is 1. The van der Waals surface area contributed by atoms with Gasteiger partial charge in [-0.3, -0.25) is 14.4 Å². The van der Waals surface area contributed by atoms with E-state index in [0.717, 1.165) is 11.3 Å². The molecule has 1 fully saturated rings. The number of hydrogen-bond acceptors (Lipinski definition) is 3. The van der Waals surface area contributed by atoms with Crippen molar-refractivity contribution >= 4 is 23.4 Å². The fraction of sp³-hybridized carbons (Fsp3) is 0.526. The van der Waals surface area contributed by atoms with Crippen LogP contribution in [0.25, 0.3) is 0 Å². The van der Waals surface area contributed by atoms with E-state index in [0.29, 0.717) is 13.0 Å². The summed E-state index contributed by atoms with van der Waals surface area (Å²) in [6.45, 7) is 6.79. The maximum absolute atomic E-state index is 12.2. The summed E-state index contributed by atoms with van der Waals surface area (Å²) in [5, 5.41) is 5.71. The van der Waals surface area contributed by atoms with Gasteiger partial charge in [0.25, 0.3) is 0 Å². The number of nitrogens with zero attached hydrogens (tertiary/aromatic N) is 1. The van der Waals surface area contributed by atoms with Gasteiger partial charge in [0.1, 0.15) is 0 Å². The number of para-hydroxylation sites is 1. The van der Waals surface area contributed by atoms with E-state index >= 15 is 0 Å². The van der Waals surface area contributed by atoms with Crippen LogP contribution in [-0.2, 0) is 19.8 Å². The monoisotopic (exact) mass is 345 g/mol. The molecule has 25 heavy (non-hydrogen) atoms. The molecule has 136 valence electrons. The van der Waals surface area contributed by atoms with Gasteiger partial charge in [0.2, 0.25) is 17.7 Å². The zero-order valence-electron chi connectivity index (χ0n) is 15.4. The van der Waals surface area contributed by atoms with Gasteiger partial charge in [-0.1, -0.05) is 39.0 Å². The lowest BCUT2D eigenvalue weighted by atomic mass is 9.86. The summed E-state index contributed by atoms with van der Waals surface area (Å²) in [6.07, 6.45) is 0.548. The van der Waals surface area contributed by atoms with Crippen LogP contribution in [0.15, 0.2) is 24.3 Å². The van der Waals surface area contributed by atoms with Gasteiger partial charge in [0, 0.05) is 38.5 Å². The highest BCUT2D eigenvalue weighted by Gasteiger charge is 2.27. The summed E-state index contributed by atoms with van der Waals surface area (Å²) in [4.78, 5) is 37.2. The summed E-state index contributed by atoms with van der Waals surface area (Å²) < 4.78 is 0. The summed E-state index contributed by atoms with van der Waals surface area (Å²) in [5.74, 6) is -0.361. The molecule has 0 saturated carbocycles. The number of anilines is 1. The first kappa shape index (κ1) is 19.0. The van der Waals surface area contributed by atoms with Crippen LogP contribution in [-0.4, -0.2) is 42.3 Å². The minimum Gasteiger partial charge on any atom is -0.351 e. The first-order chi connectivity index (χ1) is 11.7. The molecular weight excluding hydrogens is 318 g/mol. The molecule has 2 rings (SSSR count). The Morgan fingerprint density at radius 3 is 2.40 bits per heavy atom. The first-order valence-electron chi connectivity index (χ1n) is 8.59. The van der Waals surface area contributed by atoms with Crippen LogP contribution in [0.3, 0.4) is 0 Å². The zero-order chi connectivity index (χ0) is 18.6. The van der Waals surface area contributed by atoms with Crippen LogP contribution >= 0.6 is 0 Å². The van der Waals surface area contributed by atoms with Crippen LogP contribution in [0.4, 0.5) is 5.69 Å². The fourth-order valence-electron chi connectivity index (χ4n) is 2.95. The predicted octanol–water partition coefficient (Wildman–Crippen LogP) is 2.05. The Kier molecular flexibility index (Phi) is 5.82. The lowest BCUT2D eigenvalue weighted by molar-refractivity contribution is -0.126. The van der Waals surface area contributed by atoms with Crippen molar-refractivity contribution in [3.05, 3.63) is 29.8 Å². The van der Waals surface area contributed by atoms with Crippen LogP contribution < -0.4 is 10.6 Å². The second kappa shape index (κ2) is 7.68. The largest absolute Gasteiger partial charge is 0.351 e.